The van der Waals surface area contributed by atoms with E-state index in [0.29, 0.717) is 0 Å². The van der Waals surface area contributed by atoms with Crippen LogP contribution >= 0.6 is 0 Å². The van der Waals surface area contributed by atoms with Crippen molar-refractivity contribution in [2.75, 3.05) is 52.9 Å². The van der Waals surface area contributed by atoms with Crippen LogP contribution in [0.1, 0.15) is 27.7 Å². The Morgan fingerprint density at radius 2 is 0.446 bits per heavy atom. The van der Waals surface area contributed by atoms with Gasteiger partial charge in [0, 0.05) is 27.7 Å². The third-order valence-corrected chi connectivity index (χ3v) is 18.3. The molecule has 45 heteroatoms. The van der Waals surface area contributed by atoms with Gasteiger partial charge in [0.2, 0.25) is 23.6 Å². The molecule has 0 aliphatic carbocycles. The molecule has 8 rings (SSSR count). The minimum Gasteiger partial charge on any atom is -0.394 e. The second kappa shape index (κ2) is 36.3. The van der Waals surface area contributed by atoms with Gasteiger partial charge in [0.15, 0.2) is 50.3 Å². The predicted molar refractivity (Wildman–Crippen MR) is 311 cm³/mol. The molecule has 0 radical (unpaired) electrons. The number of carbonyl (C=O) groups is 4. The van der Waals surface area contributed by atoms with Crippen molar-refractivity contribution >= 4 is 23.6 Å². The Kier molecular flexibility index (Phi) is 29.9. The Hall–Kier alpha value is -3.60. The molecule has 4 amide bonds. The summed E-state index contributed by atoms with van der Waals surface area (Å²) >= 11 is 0. The molecule has 0 saturated carbocycles. The molecule has 0 aromatic rings. The molecule has 0 aromatic carbocycles. The van der Waals surface area contributed by atoms with Gasteiger partial charge in [0.25, 0.3) is 0 Å². The van der Waals surface area contributed by atoms with Crippen LogP contribution < -0.4 is 21.3 Å². The predicted octanol–water partition coefficient (Wildman–Crippen LogP) is -17.9. The Morgan fingerprint density at radius 1 is 0.238 bits per heavy atom. The molecule has 8 aliphatic heterocycles. The van der Waals surface area contributed by atoms with Crippen LogP contribution in [0.3, 0.4) is 0 Å². The van der Waals surface area contributed by atoms with Crippen LogP contribution in [0.2, 0.25) is 0 Å². The molecule has 40 atom stereocenters. The van der Waals surface area contributed by atoms with Gasteiger partial charge < -0.3 is 205 Å². The normalized spacial score (nSPS) is 48.3. The van der Waals surface area contributed by atoms with Crippen molar-refractivity contribution in [3.63, 3.8) is 0 Å². The van der Waals surface area contributed by atoms with Crippen LogP contribution in [0.15, 0.2) is 0 Å². The zero-order chi connectivity index (χ0) is 74.5. The SMILES string of the molecule is CC(=O)N[C@H]1[C@H](O[C@H]2[C@H](O)[C@@H](O)[C@H](O[C@@H]3[C@H](O)[C@@H](NC(C)=O)C(O)O[C@@H]3CO)O[C@@H]2CO)O[C@H](CO)[C@H](O)[C@@H]1OC1O[C@H](CO)[C@@H](O[C@@H]2O[C@H](CO)[C@H](O)C(O[C@@H]3O[C@H](CO)[C@@H](O[C@@H]4O[C@H](CO)[C@H](O)[C@H](O[C@@H]5O[C@H](CO)[C@@H](O)[C@H](O)[C@H]5O)[C@H]4NC(C)=O)[C@H](O)[C@H]3O)[C@H]2NC(C)=O)[C@H](O)[C@H]1O. The summed E-state index contributed by atoms with van der Waals surface area (Å²) in [6.45, 7) is -4.37. The van der Waals surface area contributed by atoms with E-state index >= 15 is 0 Å². The first-order valence-electron chi connectivity index (χ1n) is 32.1. The Morgan fingerprint density at radius 3 is 0.723 bits per heavy atom. The van der Waals surface area contributed by atoms with E-state index in [1.807, 2.05) is 0 Å². The van der Waals surface area contributed by atoms with Crippen LogP contribution in [0, 0.1) is 0 Å². The summed E-state index contributed by atoms with van der Waals surface area (Å²) in [6, 6.07) is -7.02. The van der Waals surface area contributed by atoms with E-state index in [4.69, 9.17) is 71.1 Å². The smallest absolute Gasteiger partial charge is 0.217 e. The van der Waals surface area contributed by atoms with Crippen molar-refractivity contribution < 1.29 is 203 Å². The highest BCUT2D eigenvalue weighted by atomic mass is 16.8. The van der Waals surface area contributed by atoms with Crippen molar-refractivity contribution in [2.24, 2.45) is 0 Å². The molecule has 8 heterocycles. The fourth-order valence-electron chi connectivity index (χ4n) is 13.1. The van der Waals surface area contributed by atoms with Crippen LogP contribution in [0.4, 0.5) is 0 Å². The summed E-state index contributed by atoms with van der Waals surface area (Å²) < 4.78 is 87.4. The average Bonchev–Trinajstić information content (AvgIpc) is 0.772. The Balaban J connectivity index is 0.978. The molecule has 0 aromatic heterocycles. The lowest BCUT2D eigenvalue weighted by molar-refractivity contribution is -0.386. The quantitative estimate of drug-likeness (QED) is 0.0382. The number of amides is 4. The highest BCUT2D eigenvalue weighted by Crippen LogP contribution is 2.39. The molecule has 0 spiro atoms. The van der Waals surface area contributed by atoms with Gasteiger partial charge in [-0.15, -0.1) is 0 Å². The molecule has 584 valence electrons. The number of carbonyl (C=O) groups excluding carboxylic acids is 4. The van der Waals surface area contributed by atoms with Crippen LogP contribution in [0.25, 0.3) is 0 Å². The summed E-state index contributed by atoms with van der Waals surface area (Å²) in [4.78, 5) is 50.5. The number of aliphatic hydroxyl groups excluding tert-OH is 22. The first kappa shape index (κ1) is 83.0. The van der Waals surface area contributed by atoms with E-state index in [2.05, 4.69) is 21.3 Å². The van der Waals surface area contributed by atoms with Gasteiger partial charge in [0.1, 0.15) is 195 Å². The molecular formula is C56H94N4O41. The van der Waals surface area contributed by atoms with Crippen LogP contribution in [-0.2, 0) is 90.2 Å². The maximum absolute atomic E-state index is 13.0. The van der Waals surface area contributed by atoms with Gasteiger partial charge >= 0.3 is 0 Å². The van der Waals surface area contributed by atoms with Crippen LogP contribution in [-0.4, -0.2) is 434 Å². The largest absolute Gasteiger partial charge is 0.394 e. The molecular weight excluding hydrogens is 1380 g/mol. The number of ether oxygens (including phenoxy) is 15. The fourth-order valence-corrected chi connectivity index (χ4v) is 13.1. The number of nitrogens with one attached hydrogen (secondary N) is 4. The lowest BCUT2D eigenvalue weighted by Gasteiger charge is -2.51. The topological polar surface area (TPSA) is 700 Å². The second-order valence-electron chi connectivity index (χ2n) is 25.3. The minimum atomic E-state index is -2.36. The van der Waals surface area contributed by atoms with Gasteiger partial charge in [-0.05, 0) is 0 Å². The lowest BCUT2D eigenvalue weighted by Crippen LogP contribution is -2.71. The Bertz CT molecular complexity index is 2630. The molecule has 0 bridgehead atoms. The van der Waals surface area contributed by atoms with Crippen molar-refractivity contribution in [3.8, 4) is 0 Å². The van der Waals surface area contributed by atoms with Gasteiger partial charge in [-0.1, -0.05) is 0 Å². The summed E-state index contributed by atoms with van der Waals surface area (Å²) in [5.74, 6) is -3.43. The van der Waals surface area contributed by atoms with Gasteiger partial charge in [0.05, 0.1) is 52.9 Å². The van der Waals surface area contributed by atoms with Crippen LogP contribution in [0.5, 0.6) is 0 Å². The van der Waals surface area contributed by atoms with E-state index in [1.54, 1.807) is 0 Å². The average molecular weight is 1480 g/mol. The van der Waals surface area contributed by atoms with E-state index in [-0.39, 0.29) is 0 Å². The van der Waals surface area contributed by atoms with Gasteiger partial charge in [-0.25, -0.2) is 0 Å². The molecule has 101 heavy (non-hydrogen) atoms. The highest BCUT2D eigenvalue weighted by Gasteiger charge is 2.60. The zero-order valence-electron chi connectivity index (χ0n) is 54.3. The molecule has 45 nitrogen and oxygen atoms in total. The van der Waals surface area contributed by atoms with Gasteiger partial charge in [-0.3, -0.25) is 19.2 Å². The van der Waals surface area contributed by atoms with Gasteiger partial charge in [-0.2, -0.15) is 0 Å². The zero-order valence-corrected chi connectivity index (χ0v) is 54.3. The fraction of sp³-hybridized carbons (Fsp3) is 0.929. The third kappa shape index (κ3) is 18.3. The van der Waals surface area contributed by atoms with Crippen molar-refractivity contribution in [1.29, 1.82) is 0 Å². The summed E-state index contributed by atoms with van der Waals surface area (Å²) in [7, 11) is 0. The second-order valence-corrected chi connectivity index (χ2v) is 25.3. The minimum absolute atomic E-state index is 0.728. The maximum Gasteiger partial charge on any atom is 0.217 e. The maximum atomic E-state index is 13.0. The first-order chi connectivity index (χ1) is 47.8. The number of hydrogen-bond donors (Lipinski definition) is 26. The number of hydrogen-bond acceptors (Lipinski definition) is 41. The monoisotopic (exact) mass is 1480 g/mol. The van der Waals surface area contributed by atoms with E-state index in [9.17, 15) is 132 Å². The van der Waals surface area contributed by atoms with Crippen molar-refractivity contribution in [3.05, 3.63) is 0 Å². The van der Waals surface area contributed by atoms with E-state index in [1.165, 1.54) is 0 Å². The molecule has 26 N–H and O–H groups in total. The molecule has 8 fully saturated rings. The Labute approximate surface area is 572 Å². The van der Waals surface area contributed by atoms with Crippen molar-refractivity contribution in [1.82, 2.24) is 21.3 Å². The molecule has 3 unspecified atom stereocenters. The van der Waals surface area contributed by atoms with Crippen molar-refractivity contribution in [2.45, 2.75) is 273 Å². The lowest BCUT2D eigenvalue weighted by atomic mass is 9.93. The summed E-state index contributed by atoms with van der Waals surface area (Å²) in [5, 5.41) is 251. The first-order valence-corrected chi connectivity index (χ1v) is 32.1. The highest BCUT2D eigenvalue weighted by molar-refractivity contribution is 5.74. The number of rotatable bonds is 26. The standard InChI is InChI=1S/C56H94N4O41/c1-13(69)57-25-33(77)42(21(9-65)87-49(25)86)98-54-39(83)35(79)43(22(10-66)92-54)95-51-27(59-15(3)71)47(31(75)19(7-63)89-51)100-56-41(85)37(81)45(24(12-68)94-56)97-52-28(60-16(4)72)48(32(76)20(8-64)90-52)101-55-40(84)36(80)44(23(11-67)93-55)96-50-26(58-14(2)70)46(30(74)18(6-62)88-50)99-53-38(82)34(78)29(73)17(5-61)91-53/h17-56,61-68,73-86H,5-12H2,1-4H3,(H,57,69)(H,58,70)(H,59,71)(H,60,72)/t17-,18-,19-,20-,21-,22-,23-,24-,25-,26-,27-,28-,29-,30+,31+,32+,33-,34+,35-,36-,37-,38-,39-,40-,41-,42+,43-,44-,45-,46-,47-,48?,49?,50+,51+,52+,53+,54+,55+,56?/m1/s1. The molecule has 8 saturated heterocycles. The van der Waals surface area contributed by atoms with E-state index < -0.39 is 322 Å². The summed E-state index contributed by atoms with van der Waals surface area (Å²) in [6.07, 6.45) is -71.1. The van der Waals surface area contributed by atoms with E-state index in [0.717, 1.165) is 27.7 Å². The number of aliphatic hydroxyl groups is 22. The summed E-state index contributed by atoms with van der Waals surface area (Å²) in [5.41, 5.74) is 0. The third-order valence-electron chi connectivity index (χ3n) is 18.3. The molecule has 8 aliphatic rings.